The molecule has 4 fully saturated rings. The Morgan fingerprint density at radius 3 is 2.20 bits per heavy atom. The highest BCUT2D eigenvalue weighted by Gasteiger charge is 2.52. The highest BCUT2D eigenvalue weighted by atomic mass is 16.5. The molecule has 0 aromatic heterocycles. The number of ether oxygens (including phenoxy) is 1. The molecule has 0 spiro atoms. The lowest BCUT2D eigenvalue weighted by Gasteiger charge is -2.57. The van der Waals surface area contributed by atoms with E-state index >= 15 is 0 Å². The highest BCUT2D eigenvalue weighted by molar-refractivity contribution is 5.76. The van der Waals surface area contributed by atoms with Crippen LogP contribution < -0.4 is 4.74 Å². The molecule has 0 N–H and O–H groups in total. The summed E-state index contributed by atoms with van der Waals surface area (Å²) in [5, 5.41) is 0. The first kappa shape index (κ1) is 12.4. The second kappa shape index (κ2) is 4.34. The minimum absolute atomic E-state index is 0.291. The highest BCUT2D eigenvalue weighted by Crippen LogP contribution is 2.61. The van der Waals surface area contributed by atoms with Gasteiger partial charge < -0.3 is 4.74 Å². The van der Waals surface area contributed by atoms with E-state index in [1.54, 1.807) is 7.11 Å². The summed E-state index contributed by atoms with van der Waals surface area (Å²) in [6.07, 6.45) is 9.19. The van der Waals surface area contributed by atoms with E-state index in [4.69, 9.17) is 4.74 Å². The SMILES string of the molecule is COc1ccc(C=O)cc1C12CC3CC(CC(C3)C1)C2. The molecule has 2 heteroatoms. The van der Waals surface area contributed by atoms with Crippen molar-refractivity contribution in [1.29, 1.82) is 0 Å². The van der Waals surface area contributed by atoms with Crippen molar-refractivity contribution < 1.29 is 9.53 Å². The molecule has 5 rings (SSSR count). The molecule has 4 saturated carbocycles. The van der Waals surface area contributed by atoms with Gasteiger partial charge >= 0.3 is 0 Å². The van der Waals surface area contributed by atoms with Crippen LogP contribution in [-0.2, 0) is 5.41 Å². The van der Waals surface area contributed by atoms with Crippen LogP contribution in [0.1, 0.15) is 54.4 Å². The number of carbonyl (C=O) groups excluding carboxylic acids is 1. The Hall–Kier alpha value is -1.31. The van der Waals surface area contributed by atoms with Crippen LogP contribution in [-0.4, -0.2) is 13.4 Å². The lowest BCUT2D eigenvalue weighted by Crippen LogP contribution is -2.48. The molecule has 4 bridgehead atoms. The molecule has 0 radical (unpaired) electrons. The van der Waals surface area contributed by atoms with E-state index in [9.17, 15) is 4.79 Å². The Balaban J connectivity index is 1.81. The third-order valence-electron chi connectivity index (χ3n) is 5.97. The molecular weight excluding hydrogens is 248 g/mol. The summed E-state index contributed by atoms with van der Waals surface area (Å²) in [5.74, 6) is 3.71. The van der Waals surface area contributed by atoms with E-state index in [-0.39, 0.29) is 0 Å². The summed E-state index contributed by atoms with van der Waals surface area (Å²) in [7, 11) is 1.75. The average molecular weight is 270 g/mol. The first-order valence-electron chi connectivity index (χ1n) is 7.86. The molecule has 0 atom stereocenters. The van der Waals surface area contributed by atoms with Crippen molar-refractivity contribution in [3.63, 3.8) is 0 Å². The minimum atomic E-state index is 0.291. The quantitative estimate of drug-likeness (QED) is 0.777. The van der Waals surface area contributed by atoms with Gasteiger partial charge in [0, 0.05) is 11.1 Å². The minimum Gasteiger partial charge on any atom is -0.496 e. The van der Waals surface area contributed by atoms with Gasteiger partial charge in [-0.05, 0) is 79.9 Å². The fraction of sp³-hybridized carbons (Fsp3) is 0.611. The predicted octanol–water partition coefficient (Wildman–Crippen LogP) is 3.98. The fourth-order valence-electron chi connectivity index (χ4n) is 5.65. The summed E-state index contributed by atoms with van der Waals surface area (Å²) >= 11 is 0. The lowest BCUT2D eigenvalue weighted by molar-refractivity contribution is -0.00616. The Kier molecular flexibility index (Phi) is 2.70. The van der Waals surface area contributed by atoms with Gasteiger partial charge in [0.05, 0.1) is 7.11 Å². The largest absolute Gasteiger partial charge is 0.496 e. The van der Waals surface area contributed by atoms with Gasteiger partial charge in [-0.1, -0.05) is 0 Å². The van der Waals surface area contributed by atoms with Gasteiger partial charge in [-0.25, -0.2) is 0 Å². The summed E-state index contributed by atoms with van der Waals surface area (Å²) < 4.78 is 5.62. The number of methoxy groups -OCH3 is 1. The van der Waals surface area contributed by atoms with Crippen LogP contribution in [0.15, 0.2) is 18.2 Å². The standard InChI is InChI=1S/C18H22O2/c1-20-17-3-2-12(11-19)7-16(17)18-8-13-4-14(9-18)6-15(5-13)10-18/h2-3,7,11,13-15H,4-6,8-10H2,1H3. The Labute approximate surface area is 120 Å². The van der Waals surface area contributed by atoms with Gasteiger partial charge in [0.25, 0.3) is 0 Å². The number of carbonyl (C=O) groups is 1. The molecule has 106 valence electrons. The zero-order valence-corrected chi connectivity index (χ0v) is 12.1. The topological polar surface area (TPSA) is 26.3 Å². The summed E-state index contributed by atoms with van der Waals surface area (Å²) in [6.45, 7) is 0. The van der Waals surface area contributed by atoms with Crippen molar-refractivity contribution >= 4 is 6.29 Å². The van der Waals surface area contributed by atoms with Crippen LogP contribution >= 0.6 is 0 Å². The molecule has 4 aliphatic rings. The van der Waals surface area contributed by atoms with Crippen LogP contribution in [0.25, 0.3) is 0 Å². The third-order valence-corrected chi connectivity index (χ3v) is 5.97. The van der Waals surface area contributed by atoms with Crippen LogP contribution in [0.3, 0.4) is 0 Å². The van der Waals surface area contributed by atoms with Crippen LogP contribution in [0.2, 0.25) is 0 Å². The number of rotatable bonds is 3. The molecule has 4 aliphatic carbocycles. The molecule has 0 amide bonds. The van der Waals surface area contributed by atoms with E-state index in [1.807, 2.05) is 12.1 Å². The van der Waals surface area contributed by atoms with Crippen LogP contribution in [0.4, 0.5) is 0 Å². The predicted molar refractivity (Wildman–Crippen MR) is 78.2 cm³/mol. The smallest absolute Gasteiger partial charge is 0.150 e. The van der Waals surface area contributed by atoms with Gasteiger partial charge in [-0.3, -0.25) is 4.79 Å². The van der Waals surface area contributed by atoms with Crippen LogP contribution in [0.5, 0.6) is 5.75 Å². The van der Waals surface area contributed by atoms with Gasteiger partial charge in [0.2, 0.25) is 0 Å². The van der Waals surface area contributed by atoms with E-state index in [0.29, 0.717) is 5.41 Å². The Morgan fingerprint density at radius 2 is 1.70 bits per heavy atom. The van der Waals surface area contributed by atoms with Crippen molar-refractivity contribution in [3.8, 4) is 5.75 Å². The molecule has 2 nitrogen and oxygen atoms in total. The fourth-order valence-corrected chi connectivity index (χ4v) is 5.65. The van der Waals surface area contributed by atoms with Gasteiger partial charge in [-0.2, -0.15) is 0 Å². The zero-order chi connectivity index (χ0) is 13.7. The molecule has 0 saturated heterocycles. The summed E-state index contributed by atoms with van der Waals surface area (Å²) in [6, 6.07) is 5.95. The number of aldehydes is 1. The number of benzene rings is 1. The first-order valence-corrected chi connectivity index (χ1v) is 7.86. The zero-order valence-electron chi connectivity index (χ0n) is 12.1. The number of hydrogen-bond acceptors (Lipinski definition) is 2. The van der Waals surface area contributed by atoms with Crippen molar-refractivity contribution in [2.75, 3.05) is 7.11 Å². The normalized spacial score (nSPS) is 38.0. The molecule has 0 unspecified atom stereocenters. The lowest BCUT2D eigenvalue weighted by atomic mass is 9.48. The van der Waals surface area contributed by atoms with Crippen molar-refractivity contribution in [2.45, 2.75) is 43.9 Å². The maximum absolute atomic E-state index is 11.1. The second-order valence-corrected chi connectivity index (χ2v) is 7.28. The summed E-state index contributed by atoms with van der Waals surface area (Å²) in [4.78, 5) is 11.1. The van der Waals surface area contributed by atoms with E-state index in [2.05, 4.69) is 6.07 Å². The van der Waals surface area contributed by atoms with E-state index in [1.165, 1.54) is 44.1 Å². The molecule has 0 heterocycles. The number of hydrogen-bond donors (Lipinski definition) is 0. The first-order chi connectivity index (χ1) is 9.72. The Bertz CT molecular complexity index is 511. The summed E-state index contributed by atoms with van der Waals surface area (Å²) in [5.41, 5.74) is 2.39. The Morgan fingerprint density at radius 1 is 1.10 bits per heavy atom. The van der Waals surface area contributed by atoms with E-state index < -0.39 is 0 Å². The van der Waals surface area contributed by atoms with Gasteiger partial charge in [0.1, 0.15) is 12.0 Å². The average Bonchev–Trinajstić information content (AvgIpc) is 2.45. The molecule has 0 aliphatic heterocycles. The van der Waals surface area contributed by atoms with Gasteiger partial charge in [-0.15, -0.1) is 0 Å². The maximum Gasteiger partial charge on any atom is 0.150 e. The maximum atomic E-state index is 11.1. The second-order valence-electron chi connectivity index (χ2n) is 7.28. The molecule has 1 aromatic rings. The molecular formula is C18H22O2. The third kappa shape index (κ3) is 1.73. The molecule has 1 aromatic carbocycles. The van der Waals surface area contributed by atoms with Gasteiger partial charge in [0.15, 0.2) is 0 Å². The monoisotopic (exact) mass is 270 g/mol. The van der Waals surface area contributed by atoms with Crippen molar-refractivity contribution in [3.05, 3.63) is 29.3 Å². The molecule has 20 heavy (non-hydrogen) atoms. The van der Waals surface area contributed by atoms with Crippen LogP contribution in [0, 0.1) is 17.8 Å². The van der Waals surface area contributed by atoms with Crippen molar-refractivity contribution in [2.24, 2.45) is 17.8 Å². The van der Waals surface area contributed by atoms with E-state index in [0.717, 1.165) is 35.4 Å². The van der Waals surface area contributed by atoms with Crippen molar-refractivity contribution in [1.82, 2.24) is 0 Å².